The van der Waals surface area contributed by atoms with E-state index in [9.17, 15) is 0 Å². The fourth-order valence-corrected chi connectivity index (χ4v) is 10.0. The first kappa shape index (κ1) is 32.8. The molecule has 3 heterocycles. The molecule has 272 valence electrons. The van der Waals surface area contributed by atoms with Crippen molar-refractivity contribution in [2.24, 2.45) is 0 Å². The highest BCUT2D eigenvalue weighted by atomic mass is 32.1. The number of para-hydroxylation sites is 2. The maximum atomic E-state index is 6.51. The van der Waals surface area contributed by atoms with Gasteiger partial charge in [0.1, 0.15) is 0 Å². The summed E-state index contributed by atoms with van der Waals surface area (Å²) in [5.41, 5.74) is 13.8. The number of hydrogen-bond donors (Lipinski definition) is 0. The maximum absolute atomic E-state index is 6.51. The molecule has 0 N–H and O–H groups in total. The van der Waals surface area contributed by atoms with Gasteiger partial charge in [0.15, 0.2) is 11.5 Å². The summed E-state index contributed by atoms with van der Waals surface area (Å²) in [6.45, 7) is 0. The second-order valence-electron chi connectivity index (χ2n) is 14.9. The molecule has 0 saturated heterocycles. The van der Waals surface area contributed by atoms with E-state index in [1.54, 1.807) is 0 Å². The fourth-order valence-electron chi connectivity index (χ4n) is 8.82. The highest BCUT2D eigenvalue weighted by Crippen LogP contribution is 2.48. The Morgan fingerprint density at radius 2 is 0.948 bits per heavy atom. The molecule has 2 aromatic heterocycles. The minimum absolute atomic E-state index is 0.861. The number of fused-ring (bicyclic) bond motifs is 8. The van der Waals surface area contributed by atoms with Crippen LogP contribution in [0.3, 0.4) is 0 Å². The lowest BCUT2D eigenvalue weighted by molar-refractivity contribution is 0.476. The van der Waals surface area contributed by atoms with E-state index in [2.05, 4.69) is 216 Å². The highest BCUT2D eigenvalue weighted by molar-refractivity contribution is 7.26. The van der Waals surface area contributed by atoms with Gasteiger partial charge < -0.3 is 14.2 Å². The zero-order valence-corrected chi connectivity index (χ0v) is 32.2. The van der Waals surface area contributed by atoms with Crippen molar-refractivity contribution >= 4 is 70.4 Å². The molecule has 0 amide bonds. The van der Waals surface area contributed by atoms with E-state index in [0.717, 1.165) is 45.2 Å². The summed E-state index contributed by atoms with van der Waals surface area (Å²) in [6, 6.07) is 74.4. The number of aromatic nitrogens is 1. The molecule has 0 radical (unpaired) electrons. The molecule has 11 aromatic rings. The lowest BCUT2D eigenvalue weighted by atomic mass is 10.00. The van der Waals surface area contributed by atoms with Crippen molar-refractivity contribution in [2.45, 2.75) is 0 Å². The summed E-state index contributed by atoms with van der Waals surface area (Å²) in [5.74, 6) is 1.75. The smallest absolute Gasteiger partial charge is 0.152 e. The van der Waals surface area contributed by atoms with Crippen LogP contribution in [0.2, 0.25) is 0 Å². The Morgan fingerprint density at radius 3 is 1.69 bits per heavy atom. The minimum atomic E-state index is 0.861. The summed E-state index contributed by atoms with van der Waals surface area (Å²) < 4.78 is 11.4. The first-order valence-electron chi connectivity index (χ1n) is 19.7. The number of ether oxygens (including phenoxy) is 1. The molecular weight excluding hydrogens is 725 g/mol. The lowest BCUT2D eigenvalue weighted by Crippen LogP contribution is -2.10. The largest absolute Gasteiger partial charge is 0.453 e. The van der Waals surface area contributed by atoms with Gasteiger partial charge in [0, 0.05) is 37.6 Å². The van der Waals surface area contributed by atoms with Gasteiger partial charge in [-0.1, -0.05) is 146 Å². The highest BCUT2D eigenvalue weighted by Gasteiger charge is 2.24. The Hall–Kier alpha value is -7.40. The van der Waals surface area contributed by atoms with E-state index >= 15 is 0 Å². The summed E-state index contributed by atoms with van der Waals surface area (Å²) in [4.78, 5) is 2.41. The third-order valence-corrected chi connectivity index (χ3v) is 12.8. The molecule has 0 unspecified atom stereocenters. The Bertz CT molecular complexity index is 3340. The number of anilines is 3. The third-order valence-electron chi connectivity index (χ3n) is 11.6. The number of nitrogens with zero attached hydrogens (tertiary/aromatic N) is 2. The van der Waals surface area contributed by atoms with Gasteiger partial charge in [0.2, 0.25) is 0 Å². The second kappa shape index (κ2) is 13.1. The van der Waals surface area contributed by atoms with Gasteiger partial charge in [0.25, 0.3) is 0 Å². The number of rotatable bonds is 6. The summed E-state index contributed by atoms with van der Waals surface area (Å²) in [5, 5.41) is 5.00. The summed E-state index contributed by atoms with van der Waals surface area (Å²) >= 11 is 1.86. The van der Waals surface area contributed by atoms with Gasteiger partial charge >= 0.3 is 0 Å². The van der Waals surface area contributed by atoms with Crippen LogP contribution < -0.4 is 9.64 Å². The van der Waals surface area contributed by atoms with E-state index in [0.29, 0.717) is 0 Å². The van der Waals surface area contributed by atoms with E-state index in [-0.39, 0.29) is 0 Å². The van der Waals surface area contributed by atoms with Crippen molar-refractivity contribution < 1.29 is 4.74 Å². The molecule has 3 nitrogen and oxygen atoms in total. The number of thiophene rings is 1. The van der Waals surface area contributed by atoms with Crippen molar-refractivity contribution in [3.8, 4) is 50.6 Å². The Kier molecular flexibility index (Phi) is 7.40. The SMILES string of the molecule is c1ccc(-c2ccc(-c3ccc(N(c4ccc(-c5ccc6c(c5)-n5c7ccccc7c7cccc(c75)O6)cc4)c4cccc5c4sc4ccccc45)cc3)cc2)cc1. The van der Waals surface area contributed by atoms with Gasteiger partial charge in [-0.3, -0.25) is 0 Å². The van der Waals surface area contributed by atoms with E-state index in [1.165, 1.54) is 64.4 Å². The predicted octanol–water partition coefficient (Wildman–Crippen LogP) is 15.7. The normalized spacial score (nSPS) is 11.9. The van der Waals surface area contributed by atoms with Crippen LogP contribution in [0, 0.1) is 0 Å². The van der Waals surface area contributed by atoms with Gasteiger partial charge in [-0.2, -0.15) is 0 Å². The molecule has 1 aliphatic heterocycles. The van der Waals surface area contributed by atoms with Crippen LogP contribution in [0.4, 0.5) is 17.1 Å². The number of hydrogen-bond acceptors (Lipinski definition) is 3. The van der Waals surface area contributed by atoms with E-state index in [1.807, 2.05) is 11.3 Å². The van der Waals surface area contributed by atoms with Crippen molar-refractivity contribution in [2.75, 3.05) is 4.90 Å². The molecule has 0 atom stereocenters. The van der Waals surface area contributed by atoms with Crippen LogP contribution in [-0.2, 0) is 0 Å². The molecule has 0 bridgehead atoms. The molecule has 9 aromatic carbocycles. The van der Waals surface area contributed by atoms with E-state index < -0.39 is 0 Å². The first-order valence-corrected chi connectivity index (χ1v) is 20.5. The molecule has 4 heteroatoms. The van der Waals surface area contributed by atoms with Crippen LogP contribution in [-0.4, -0.2) is 4.57 Å². The van der Waals surface area contributed by atoms with Crippen LogP contribution in [0.5, 0.6) is 11.5 Å². The van der Waals surface area contributed by atoms with Crippen molar-refractivity contribution in [1.29, 1.82) is 0 Å². The number of benzene rings is 9. The molecule has 1 aliphatic rings. The Labute approximate surface area is 339 Å². The zero-order valence-electron chi connectivity index (χ0n) is 31.3. The van der Waals surface area contributed by atoms with Crippen molar-refractivity contribution in [3.63, 3.8) is 0 Å². The van der Waals surface area contributed by atoms with Gasteiger partial charge in [-0.25, -0.2) is 0 Å². The van der Waals surface area contributed by atoms with Crippen LogP contribution >= 0.6 is 11.3 Å². The van der Waals surface area contributed by atoms with Gasteiger partial charge in [-0.05, 0) is 94.0 Å². The zero-order chi connectivity index (χ0) is 38.2. The average Bonchev–Trinajstić information content (AvgIpc) is 3.85. The average molecular weight is 759 g/mol. The van der Waals surface area contributed by atoms with Crippen molar-refractivity contribution in [3.05, 3.63) is 206 Å². The van der Waals surface area contributed by atoms with Gasteiger partial charge in [-0.15, -0.1) is 11.3 Å². The lowest BCUT2D eigenvalue weighted by Gasteiger charge is -2.26. The second-order valence-corrected chi connectivity index (χ2v) is 16.0. The fraction of sp³-hybridized carbons (Fsp3) is 0. The molecular formula is C54H34N2OS. The topological polar surface area (TPSA) is 17.4 Å². The predicted molar refractivity (Wildman–Crippen MR) is 245 cm³/mol. The third kappa shape index (κ3) is 5.19. The summed E-state index contributed by atoms with van der Waals surface area (Å²) in [6.07, 6.45) is 0. The van der Waals surface area contributed by atoms with Crippen molar-refractivity contribution in [1.82, 2.24) is 4.57 Å². The quantitative estimate of drug-likeness (QED) is 0.168. The molecule has 0 fully saturated rings. The molecule has 0 spiro atoms. The molecule has 12 rings (SSSR count). The Morgan fingerprint density at radius 1 is 0.397 bits per heavy atom. The van der Waals surface area contributed by atoms with Crippen LogP contribution in [0.15, 0.2) is 206 Å². The molecule has 58 heavy (non-hydrogen) atoms. The molecule has 0 saturated carbocycles. The summed E-state index contributed by atoms with van der Waals surface area (Å²) in [7, 11) is 0. The Balaban J connectivity index is 0.946. The minimum Gasteiger partial charge on any atom is -0.453 e. The van der Waals surface area contributed by atoms with Crippen LogP contribution in [0.1, 0.15) is 0 Å². The standard InChI is InChI=1S/C54H34N2OS/c1-2-10-35(11-3-1)36-20-22-37(23-21-36)38-24-29-41(30-25-38)55(48-17-8-15-46-44-13-5-7-19-52(44)58-54(46)48)42-31-26-39(27-32-42)40-28-33-50-49(34-40)56-47-16-6-4-12-43(47)45-14-9-18-51(57-50)53(45)56/h1-34H. The monoisotopic (exact) mass is 758 g/mol. The molecule has 0 aliphatic carbocycles. The maximum Gasteiger partial charge on any atom is 0.152 e. The van der Waals surface area contributed by atoms with Crippen LogP contribution in [0.25, 0.3) is 81.0 Å². The van der Waals surface area contributed by atoms with E-state index in [4.69, 9.17) is 4.74 Å². The first-order chi connectivity index (χ1) is 28.7. The van der Waals surface area contributed by atoms with Gasteiger partial charge in [0.05, 0.1) is 27.1 Å².